The van der Waals surface area contributed by atoms with Gasteiger partial charge in [-0.1, -0.05) is 29.8 Å². The highest BCUT2D eigenvalue weighted by atomic mass is 35.5. The van der Waals surface area contributed by atoms with Crippen LogP contribution in [-0.2, 0) is 6.54 Å². The summed E-state index contributed by atoms with van der Waals surface area (Å²) in [7, 11) is 1.97. The third kappa shape index (κ3) is 3.48. The fourth-order valence-electron chi connectivity index (χ4n) is 1.83. The summed E-state index contributed by atoms with van der Waals surface area (Å²) in [5.74, 6) is -0.908. The number of hydrogen-bond acceptors (Lipinski definition) is 2. The van der Waals surface area contributed by atoms with E-state index in [-0.39, 0.29) is 0 Å². The molecule has 3 nitrogen and oxygen atoms in total. The van der Waals surface area contributed by atoms with Crippen LogP contribution in [0.5, 0.6) is 0 Å². The molecule has 4 heteroatoms. The van der Waals surface area contributed by atoms with Crippen LogP contribution in [0, 0.1) is 0 Å². The predicted octanol–water partition coefficient (Wildman–Crippen LogP) is 3.67. The number of benzene rings is 2. The van der Waals surface area contributed by atoms with Gasteiger partial charge in [-0.25, -0.2) is 4.79 Å². The highest BCUT2D eigenvalue weighted by Crippen LogP contribution is 2.20. The lowest BCUT2D eigenvalue weighted by Crippen LogP contribution is -2.16. The van der Waals surface area contributed by atoms with Crippen LogP contribution >= 0.6 is 11.6 Å². The first-order valence-corrected chi connectivity index (χ1v) is 6.23. The highest BCUT2D eigenvalue weighted by molar-refractivity contribution is 6.30. The lowest BCUT2D eigenvalue weighted by molar-refractivity contribution is 0.0697. The third-order valence-electron chi connectivity index (χ3n) is 2.87. The van der Waals surface area contributed by atoms with Gasteiger partial charge < -0.3 is 10.0 Å². The summed E-state index contributed by atoms with van der Waals surface area (Å²) in [6.45, 7) is 0.695. The van der Waals surface area contributed by atoms with Gasteiger partial charge in [0.15, 0.2) is 0 Å². The number of carboxylic acids is 1. The first-order chi connectivity index (χ1) is 9.06. The topological polar surface area (TPSA) is 40.5 Å². The largest absolute Gasteiger partial charge is 0.478 e. The smallest absolute Gasteiger partial charge is 0.335 e. The Bertz CT molecular complexity index is 581. The van der Waals surface area contributed by atoms with Crippen molar-refractivity contribution in [1.82, 2.24) is 0 Å². The molecule has 0 amide bonds. The average Bonchev–Trinajstić information content (AvgIpc) is 2.39. The zero-order valence-electron chi connectivity index (χ0n) is 10.5. The van der Waals surface area contributed by atoms with E-state index < -0.39 is 5.97 Å². The van der Waals surface area contributed by atoms with Gasteiger partial charge in [-0.3, -0.25) is 0 Å². The molecule has 2 aromatic carbocycles. The van der Waals surface area contributed by atoms with E-state index in [0.29, 0.717) is 17.1 Å². The summed E-state index contributed by atoms with van der Waals surface area (Å²) < 4.78 is 0. The Morgan fingerprint density at radius 3 is 2.47 bits per heavy atom. The molecule has 98 valence electrons. The lowest BCUT2D eigenvalue weighted by Gasteiger charge is -2.19. The number of carbonyl (C=O) groups is 1. The van der Waals surface area contributed by atoms with Crippen molar-refractivity contribution in [2.24, 2.45) is 0 Å². The fourth-order valence-corrected chi connectivity index (χ4v) is 2.02. The maximum absolute atomic E-state index is 10.8. The van der Waals surface area contributed by atoms with Gasteiger partial charge in [0.25, 0.3) is 0 Å². The highest BCUT2D eigenvalue weighted by Gasteiger charge is 2.05. The van der Waals surface area contributed by atoms with Crippen LogP contribution in [0.1, 0.15) is 15.9 Å². The Morgan fingerprint density at radius 1 is 1.21 bits per heavy atom. The van der Waals surface area contributed by atoms with Gasteiger partial charge in [-0.2, -0.15) is 0 Å². The lowest BCUT2D eigenvalue weighted by atomic mass is 10.1. The molecule has 0 aliphatic rings. The van der Waals surface area contributed by atoms with Crippen molar-refractivity contribution in [3.8, 4) is 0 Å². The number of anilines is 1. The molecule has 19 heavy (non-hydrogen) atoms. The molecule has 0 fully saturated rings. The second kappa shape index (κ2) is 5.76. The number of hydrogen-bond donors (Lipinski definition) is 1. The van der Waals surface area contributed by atoms with E-state index in [4.69, 9.17) is 16.7 Å². The van der Waals surface area contributed by atoms with E-state index in [1.54, 1.807) is 12.1 Å². The van der Waals surface area contributed by atoms with Crippen LogP contribution in [-0.4, -0.2) is 18.1 Å². The van der Waals surface area contributed by atoms with Crippen molar-refractivity contribution in [3.05, 3.63) is 64.7 Å². The van der Waals surface area contributed by atoms with Crippen LogP contribution in [0.15, 0.2) is 48.5 Å². The molecule has 0 aliphatic heterocycles. The van der Waals surface area contributed by atoms with Crippen molar-refractivity contribution >= 4 is 23.3 Å². The second-order valence-electron chi connectivity index (χ2n) is 4.34. The van der Waals surface area contributed by atoms with Crippen LogP contribution in [0.25, 0.3) is 0 Å². The number of rotatable bonds is 4. The number of nitrogens with zero attached hydrogens (tertiary/aromatic N) is 1. The number of aromatic carboxylic acids is 1. The molecule has 0 aromatic heterocycles. The van der Waals surface area contributed by atoms with Gasteiger partial charge in [-0.15, -0.1) is 0 Å². The van der Waals surface area contributed by atoms with Crippen molar-refractivity contribution < 1.29 is 9.90 Å². The summed E-state index contributed by atoms with van der Waals surface area (Å²) in [6, 6.07) is 14.5. The van der Waals surface area contributed by atoms with Crippen LogP contribution in [0.2, 0.25) is 5.02 Å². The second-order valence-corrected chi connectivity index (χ2v) is 4.77. The molecule has 0 heterocycles. The Morgan fingerprint density at radius 2 is 1.89 bits per heavy atom. The molecule has 0 saturated heterocycles. The van der Waals surface area contributed by atoms with Crippen molar-refractivity contribution in [2.75, 3.05) is 11.9 Å². The minimum Gasteiger partial charge on any atom is -0.478 e. The van der Waals surface area contributed by atoms with E-state index in [0.717, 1.165) is 11.3 Å². The van der Waals surface area contributed by atoms with Crippen LogP contribution in [0.4, 0.5) is 5.69 Å². The Balaban J connectivity index is 2.10. The summed E-state index contributed by atoms with van der Waals surface area (Å²) in [4.78, 5) is 12.8. The molecule has 0 aliphatic carbocycles. The molecule has 0 saturated carbocycles. The number of halogens is 1. The molecule has 0 bridgehead atoms. The SMILES string of the molecule is CN(Cc1ccc(C(=O)O)cc1)c1cccc(Cl)c1. The molecule has 1 N–H and O–H groups in total. The molecule has 0 atom stereocenters. The molecule has 0 unspecified atom stereocenters. The molecular weight excluding hydrogens is 262 g/mol. The van der Waals surface area contributed by atoms with Crippen molar-refractivity contribution in [2.45, 2.75) is 6.54 Å². The van der Waals surface area contributed by atoms with Gasteiger partial charge >= 0.3 is 5.97 Å². The first kappa shape index (κ1) is 13.4. The maximum atomic E-state index is 10.8. The van der Waals surface area contributed by atoms with E-state index in [9.17, 15) is 4.79 Å². The van der Waals surface area contributed by atoms with Crippen molar-refractivity contribution in [1.29, 1.82) is 0 Å². The Hall–Kier alpha value is -2.00. The molecule has 2 aromatic rings. The Labute approximate surface area is 117 Å². The standard InChI is InChI=1S/C15H14ClNO2/c1-17(14-4-2-3-13(16)9-14)10-11-5-7-12(8-6-11)15(18)19/h2-9H,10H2,1H3,(H,18,19). The summed E-state index contributed by atoms with van der Waals surface area (Å²) in [5.41, 5.74) is 2.37. The summed E-state index contributed by atoms with van der Waals surface area (Å²) in [6.07, 6.45) is 0. The van der Waals surface area contributed by atoms with Crippen LogP contribution < -0.4 is 4.90 Å². The van der Waals surface area contributed by atoms with Crippen LogP contribution in [0.3, 0.4) is 0 Å². The first-order valence-electron chi connectivity index (χ1n) is 5.85. The summed E-state index contributed by atoms with van der Waals surface area (Å²) in [5, 5.41) is 9.54. The van der Waals surface area contributed by atoms with Gasteiger partial charge in [0.05, 0.1) is 5.56 Å². The minimum atomic E-state index is -0.908. The minimum absolute atomic E-state index is 0.300. The monoisotopic (exact) mass is 275 g/mol. The maximum Gasteiger partial charge on any atom is 0.335 e. The molecular formula is C15H14ClNO2. The third-order valence-corrected chi connectivity index (χ3v) is 3.10. The van der Waals surface area contributed by atoms with E-state index in [1.807, 2.05) is 43.4 Å². The van der Waals surface area contributed by atoms with Gasteiger partial charge in [0.2, 0.25) is 0 Å². The van der Waals surface area contributed by atoms with E-state index >= 15 is 0 Å². The predicted molar refractivity (Wildman–Crippen MR) is 77.0 cm³/mol. The zero-order chi connectivity index (χ0) is 13.8. The molecule has 2 rings (SSSR count). The normalized spacial score (nSPS) is 10.2. The van der Waals surface area contributed by atoms with Gasteiger partial charge in [-0.05, 0) is 35.9 Å². The number of carboxylic acid groups (broad SMARTS) is 1. The zero-order valence-corrected chi connectivity index (χ0v) is 11.3. The summed E-state index contributed by atoms with van der Waals surface area (Å²) >= 11 is 5.96. The Kier molecular flexibility index (Phi) is 4.07. The van der Waals surface area contributed by atoms with Gasteiger partial charge in [0.1, 0.15) is 0 Å². The average molecular weight is 276 g/mol. The van der Waals surface area contributed by atoms with Crippen molar-refractivity contribution in [3.63, 3.8) is 0 Å². The van der Waals surface area contributed by atoms with Gasteiger partial charge in [0, 0.05) is 24.3 Å². The van der Waals surface area contributed by atoms with E-state index in [2.05, 4.69) is 4.90 Å². The molecule has 0 radical (unpaired) electrons. The quantitative estimate of drug-likeness (QED) is 0.925. The molecule has 0 spiro atoms. The van der Waals surface area contributed by atoms with E-state index in [1.165, 1.54) is 0 Å². The fraction of sp³-hybridized carbons (Fsp3) is 0.133.